The standard InChI is InChI=1S/C19H30N2O3/c1-14(2)11-21-7-8-23-17(12-21)10-20-19(22)13-24-18-9-15(3)5-6-16(18)4/h5-6,9,14,17H,7-8,10-13H2,1-4H3,(H,20,22). The summed E-state index contributed by atoms with van der Waals surface area (Å²) >= 11 is 0. The van der Waals surface area contributed by atoms with E-state index in [1.54, 1.807) is 0 Å². The Kier molecular flexibility index (Phi) is 7.06. The van der Waals surface area contributed by atoms with Gasteiger partial charge >= 0.3 is 0 Å². The number of carbonyl (C=O) groups is 1. The van der Waals surface area contributed by atoms with E-state index >= 15 is 0 Å². The van der Waals surface area contributed by atoms with Gasteiger partial charge in [-0.05, 0) is 37.0 Å². The summed E-state index contributed by atoms with van der Waals surface area (Å²) in [5.41, 5.74) is 2.16. The number of benzene rings is 1. The Morgan fingerprint density at radius 3 is 2.96 bits per heavy atom. The third-order valence-electron chi connectivity index (χ3n) is 4.08. The quantitative estimate of drug-likeness (QED) is 0.830. The number of ether oxygens (including phenoxy) is 2. The zero-order valence-electron chi connectivity index (χ0n) is 15.3. The summed E-state index contributed by atoms with van der Waals surface area (Å²) in [6, 6.07) is 5.99. The average molecular weight is 334 g/mol. The highest BCUT2D eigenvalue weighted by molar-refractivity contribution is 5.77. The third-order valence-corrected chi connectivity index (χ3v) is 4.08. The van der Waals surface area contributed by atoms with Gasteiger partial charge in [0.1, 0.15) is 5.75 Å². The van der Waals surface area contributed by atoms with E-state index in [1.165, 1.54) is 0 Å². The predicted octanol–water partition coefficient (Wildman–Crippen LogP) is 2.16. The first kappa shape index (κ1) is 18.7. The van der Waals surface area contributed by atoms with Gasteiger partial charge in [0.05, 0.1) is 12.7 Å². The van der Waals surface area contributed by atoms with E-state index in [1.807, 2.05) is 32.0 Å². The lowest BCUT2D eigenvalue weighted by molar-refractivity contribution is -0.124. The van der Waals surface area contributed by atoms with Gasteiger partial charge in [-0.1, -0.05) is 26.0 Å². The molecule has 1 aromatic carbocycles. The molecule has 0 aromatic heterocycles. The number of aryl methyl sites for hydroxylation is 2. The first-order chi connectivity index (χ1) is 11.4. The number of nitrogens with zero attached hydrogens (tertiary/aromatic N) is 1. The van der Waals surface area contributed by atoms with Gasteiger partial charge in [-0.3, -0.25) is 9.69 Å². The van der Waals surface area contributed by atoms with Crippen molar-refractivity contribution >= 4 is 5.91 Å². The molecule has 2 rings (SSSR count). The molecular weight excluding hydrogens is 304 g/mol. The highest BCUT2D eigenvalue weighted by atomic mass is 16.5. The molecule has 0 aliphatic carbocycles. The number of rotatable bonds is 7. The van der Waals surface area contributed by atoms with Gasteiger partial charge in [0.2, 0.25) is 0 Å². The molecule has 1 atom stereocenters. The SMILES string of the molecule is Cc1ccc(C)c(OCC(=O)NCC2CN(CC(C)C)CCO2)c1. The van der Waals surface area contributed by atoms with Crippen LogP contribution in [0, 0.1) is 19.8 Å². The van der Waals surface area contributed by atoms with Crippen molar-refractivity contribution in [3.63, 3.8) is 0 Å². The minimum Gasteiger partial charge on any atom is -0.483 e. The Balaban J connectivity index is 1.72. The molecule has 1 unspecified atom stereocenters. The Morgan fingerprint density at radius 2 is 2.21 bits per heavy atom. The van der Waals surface area contributed by atoms with Crippen LogP contribution < -0.4 is 10.1 Å². The smallest absolute Gasteiger partial charge is 0.258 e. The van der Waals surface area contributed by atoms with Crippen LogP contribution in [0.3, 0.4) is 0 Å². The minimum atomic E-state index is -0.111. The maximum Gasteiger partial charge on any atom is 0.258 e. The molecule has 0 radical (unpaired) electrons. The van der Waals surface area contributed by atoms with Crippen LogP contribution in [0.2, 0.25) is 0 Å². The third kappa shape index (κ3) is 6.13. The van der Waals surface area contributed by atoms with Gasteiger partial charge in [-0.2, -0.15) is 0 Å². The van der Waals surface area contributed by atoms with E-state index < -0.39 is 0 Å². The lowest BCUT2D eigenvalue weighted by atomic mass is 10.1. The maximum atomic E-state index is 12.0. The number of carbonyl (C=O) groups excluding carboxylic acids is 1. The van der Waals surface area contributed by atoms with Crippen molar-refractivity contribution in [2.24, 2.45) is 5.92 Å². The summed E-state index contributed by atoms with van der Waals surface area (Å²) in [5.74, 6) is 1.30. The van der Waals surface area contributed by atoms with Crippen LogP contribution in [-0.4, -0.2) is 56.3 Å². The van der Waals surface area contributed by atoms with Crippen LogP contribution in [0.25, 0.3) is 0 Å². The largest absolute Gasteiger partial charge is 0.483 e. The molecule has 5 heteroatoms. The molecule has 1 amide bonds. The molecule has 0 spiro atoms. The van der Waals surface area contributed by atoms with Crippen molar-refractivity contribution < 1.29 is 14.3 Å². The Hall–Kier alpha value is -1.59. The number of morpholine rings is 1. The Bertz CT molecular complexity index is 545. The number of amides is 1. The fourth-order valence-electron chi connectivity index (χ4n) is 2.87. The second-order valence-electron chi connectivity index (χ2n) is 7.01. The number of hydrogen-bond donors (Lipinski definition) is 1. The molecule has 1 N–H and O–H groups in total. The van der Waals surface area contributed by atoms with Crippen molar-refractivity contribution in [2.45, 2.75) is 33.8 Å². The predicted molar refractivity (Wildman–Crippen MR) is 95.4 cm³/mol. The minimum absolute atomic E-state index is 0.0344. The van der Waals surface area contributed by atoms with Crippen molar-refractivity contribution in [3.05, 3.63) is 29.3 Å². The van der Waals surface area contributed by atoms with Crippen LogP contribution in [0.4, 0.5) is 0 Å². The second-order valence-corrected chi connectivity index (χ2v) is 7.01. The molecule has 1 aromatic rings. The van der Waals surface area contributed by atoms with Gasteiger partial charge in [0.15, 0.2) is 6.61 Å². The fraction of sp³-hybridized carbons (Fsp3) is 0.632. The molecule has 1 saturated heterocycles. The van der Waals surface area contributed by atoms with Crippen molar-refractivity contribution in [1.29, 1.82) is 0 Å². The summed E-state index contributed by atoms with van der Waals surface area (Å²) in [6.45, 7) is 12.6. The molecule has 24 heavy (non-hydrogen) atoms. The van der Waals surface area contributed by atoms with Crippen LogP contribution >= 0.6 is 0 Å². The number of nitrogens with one attached hydrogen (secondary N) is 1. The van der Waals surface area contributed by atoms with Crippen molar-refractivity contribution in [3.8, 4) is 5.75 Å². The average Bonchev–Trinajstić information content (AvgIpc) is 2.53. The van der Waals surface area contributed by atoms with Crippen LogP contribution in [0.15, 0.2) is 18.2 Å². The van der Waals surface area contributed by atoms with Gasteiger partial charge in [0.25, 0.3) is 5.91 Å². The summed E-state index contributed by atoms with van der Waals surface area (Å²) in [5, 5.41) is 2.91. The van der Waals surface area contributed by atoms with E-state index in [-0.39, 0.29) is 18.6 Å². The normalized spacial score (nSPS) is 18.6. The zero-order chi connectivity index (χ0) is 17.5. The highest BCUT2D eigenvalue weighted by Gasteiger charge is 2.21. The monoisotopic (exact) mass is 334 g/mol. The molecule has 0 bridgehead atoms. The Labute approximate surface area is 145 Å². The molecule has 134 valence electrons. The van der Waals surface area contributed by atoms with Gasteiger partial charge in [-0.25, -0.2) is 0 Å². The van der Waals surface area contributed by atoms with E-state index in [4.69, 9.17) is 9.47 Å². The molecular formula is C19H30N2O3. The van der Waals surface area contributed by atoms with Gasteiger partial charge < -0.3 is 14.8 Å². The molecule has 1 aliphatic heterocycles. The summed E-state index contributed by atoms with van der Waals surface area (Å²) in [6.07, 6.45) is 0.0576. The zero-order valence-corrected chi connectivity index (χ0v) is 15.3. The van der Waals surface area contributed by atoms with Crippen LogP contribution in [0.5, 0.6) is 5.75 Å². The summed E-state index contributed by atoms with van der Waals surface area (Å²) in [7, 11) is 0. The maximum absolute atomic E-state index is 12.0. The fourth-order valence-corrected chi connectivity index (χ4v) is 2.87. The highest BCUT2D eigenvalue weighted by Crippen LogP contribution is 2.18. The first-order valence-electron chi connectivity index (χ1n) is 8.74. The molecule has 1 heterocycles. The van der Waals surface area contributed by atoms with Crippen molar-refractivity contribution in [2.75, 3.05) is 39.4 Å². The lowest BCUT2D eigenvalue weighted by Crippen LogP contribution is -2.48. The van der Waals surface area contributed by atoms with E-state index in [0.717, 1.165) is 43.1 Å². The van der Waals surface area contributed by atoms with Crippen LogP contribution in [-0.2, 0) is 9.53 Å². The molecule has 1 aliphatic rings. The van der Waals surface area contributed by atoms with E-state index in [2.05, 4.69) is 24.1 Å². The lowest BCUT2D eigenvalue weighted by Gasteiger charge is -2.33. The number of hydrogen-bond acceptors (Lipinski definition) is 4. The molecule has 1 fully saturated rings. The summed E-state index contributed by atoms with van der Waals surface area (Å²) < 4.78 is 11.4. The van der Waals surface area contributed by atoms with Gasteiger partial charge in [0, 0.05) is 26.2 Å². The Morgan fingerprint density at radius 1 is 1.42 bits per heavy atom. The molecule has 0 saturated carbocycles. The second kappa shape index (κ2) is 9.04. The van der Waals surface area contributed by atoms with Gasteiger partial charge in [-0.15, -0.1) is 0 Å². The molecule has 5 nitrogen and oxygen atoms in total. The van der Waals surface area contributed by atoms with E-state index in [0.29, 0.717) is 12.5 Å². The van der Waals surface area contributed by atoms with Crippen LogP contribution in [0.1, 0.15) is 25.0 Å². The van der Waals surface area contributed by atoms with E-state index in [9.17, 15) is 4.79 Å². The van der Waals surface area contributed by atoms with Crippen molar-refractivity contribution in [1.82, 2.24) is 10.2 Å². The summed E-state index contributed by atoms with van der Waals surface area (Å²) in [4.78, 5) is 14.4. The first-order valence-corrected chi connectivity index (χ1v) is 8.74. The topological polar surface area (TPSA) is 50.8 Å².